The van der Waals surface area contributed by atoms with E-state index in [1.54, 1.807) is 12.1 Å². The molecular formula is C13H13FO. The average Bonchev–Trinajstić information content (AvgIpc) is 2.23. The van der Waals surface area contributed by atoms with Gasteiger partial charge in [0, 0.05) is 5.39 Å². The molecule has 0 heterocycles. The fraction of sp³-hybridized carbons (Fsp3) is 0.231. The van der Waals surface area contributed by atoms with E-state index < -0.39 is 5.82 Å². The second kappa shape index (κ2) is 3.54. The number of fused-ring (bicyclic) bond motifs is 1. The van der Waals surface area contributed by atoms with Crippen molar-refractivity contribution in [2.75, 3.05) is 0 Å². The Hall–Kier alpha value is -1.57. The summed E-state index contributed by atoms with van der Waals surface area (Å²) >= 11 is 0. The molecule has 0 bridgehead atoms. The number of hydrogen-bond donors (Lipinski definition) is 1. The molecule has 0 spiro atoms. The topological polar surface area (TPSA) is 20.2 Å². The summed E-state index contributed by atoms with van der Waals surface area (Å²) in [5, 5.41) is 11.0. The van der Waals surface area contributed by atoms with E-state index in [9.17, 15) is 9.50 Å². The normalized spacial score (nSPS) is 11.2. The van der Waals surface area contributed by atoms with Gasteiger partial charge in [0.05, 0.1) is 0 Å². The van der Waals surface area contributed by atoms with Gasteiger partial charge in [-0.15, -0.1) is 0 Å². The summed E-state index contributed by atoms with van der Waals surface area (Å²) < 4.78 is 13.1. The molecule has 0 saturated carbocycles. The van der Waals surface area contributed by atoms with Gasteiger partial charge in [-0.25, -0.2) is 4.39 Å². The first-order valence-electron chi connectivity index (χ1n) is 5.00. The van der Waals surface area contributed by atoms with Crippen LogP contribution in [0.25, 0.3) is 10.8 Å². The largest absolute Gasteiger partial charge is 0.504 e. The summed E-state index contributed by atoms with van der Waals surface area (Å²) in [5.41, 5.74) is 1.19. The highest BCUT2D eigenvalue weighted by atomic mass is 19.1. The molecule has 0 radical (unpaired) electrons. The minimum absolute atomic E-state index is 0.261. The minimum atomic E-state index is -0.570. The van der Waals surface area contributed by atoms with Gasteiger partial charge in [0.1, 0.15) is 0 Å². The molecule has 78 valence electrons. The number of phenols is 1. The van der Waals surface area contributed by atoms with Crippen LogP contribution in [0.5, 0.6) is 5.75 Å². The van der Waals surface area contributed by atoms with Crippen molar-refractivity contribution < 1.29 is 9.50 Å². The zero-order chi connectivity index (χ0) is 11.0. The van der Waals surface area contributed by atoms with Crippen LogP contribution in [-0.2, 0) is 0 Å². The number of halogens is 1. The Bertz CT molecular complexity index is 503. The first kappa shape index (κ1) is 9.97. The van der Waals surface area contributed by atoms with E-state index in [0.29, 0.717) is 11.3 Å². The molecule has 0 unspecified atom stereocenters. The fourth-order valence-corrected chi connectivity index (χ4v) is 1.66. The molecule has 0 aliphatic rings. The van der Waals surface area contributed by atoms with Crippen LogP contribution in [0.1, 0.15) is 25.3 Å². The third-order valence-corrected chi connectivity index (χ3v) is 2.63. The van der Waals surface area contributed by atoms with Gasteiger partial charge >= 0.3 is 0 Å². The van der Waals surface area contributed by atoms with Gasteiger partial charge in [-0.05, 0) is 22.9 Å². The molecule has 2 rings (SSSR count). The fourth-order valence-electron chi connectivity index (χ4n) is 1.66. The molecule has 0 saturated heterocycles. The van der Waals surface area contributed by atoms with Crippen molar-refractivity contribution in [1.29, 1.82) is 0 Å². The standard InChI is InChI=1S/C13H13FO/c1-8(2)9-3-5-11-10(7-9)4-6-12(14)13(11)15/h3-8,15H,1-2H3. The van der Waals surface area contributed by atoms with Crippen LogP contribution >= 0.6 is 0 Å². The molecule has 2 heteroatoms. The van der Waals surface area contributed by atoms with Gasteiger partial charge in [0.15, 0.2) is 11.6 Å². The van der Waals surface area contributed by atoms with Crippen molar-refractivity contribution in [3.05, 3.63) is 41.7 Å². The number of rotatable bonds is 1. The molecule has 2 aromatic rings. The van der Waals surface area contributed by atoms with Gasteiger partial charge in [0.2, 0.25) is 0 Å². The van der Waals surface area contributed by atoms with Crippen molar-refractivity contribution in [2.24, 2.45) is 0 Å². The first-order chi connectivity index (χ1) is 7.09. The summed E-state index contributed by atoms with van der Waals surface area (Å²) in [5.74, 6) is -0.399. The number of hydrogen-bond acceptors (Lipinski definition) is 1. The molecule has 0 aliphatic heterocycles. The Kier molecular flexibility index (Phi) is 2.35. The lowest BCUT2D eigenvalue weighted by molar-refractivity contribution is 0.439. The summed E-state index contributed by atoms with van der Waals surface area (Å²) in [4.78, 5) is 0. The molecule has 0 aliphatic carbocycles. The zero-order valence-electron chi connectivity index (χ0n) is 8.79. The van der Waals surface area contributed by atoms with Crippen LogP contribution in [0.15, 0.2) is 30.3 Å². The highest BCUT2D eigenvalue weighted by Gasteiger charge is 2.07. The van der Waals surface area contributed by atoms with Crippen LogP contribution in [0, 0.1) is 5.82 Å². The van der Waals surface area contributed by atoms with Gasteiger partial charge in [-0.2, -0.15) is 0 Å². The van der Waals surface area contributed by atoms with E-state index in [4.69, 9.17) is 0 Å². The van der Waals surface area contributed by atoms with Gasteiger partial charge in [-0.3, -0.25) is 0 Å². The lowest BCUT2D eigenvalue weighted by atomic mass is 9.99. The highest BCUT2D eigenvalue weighted by Crippen LogP contribution is 2.29. The van der Waals surface area contributed by atoms with Crippen molar-refractivity contribution in [3.8, 4) is 5.75 Å². The zero-order valence-corrected chi connectivity index (χ0v) is 8.79. The first-order valence-corrected chi connectivity index (χ1v) is 5.00. The van der Waals surface area contributed by atoms with Crippen LogP contribution in [-0.4, -0.2) is 5.11 Å². The number of phenolic OH excluding ortho intramolecular Hbond substituents is 1. The maximum absolute atomic E-state index is 13.1. The molecule has 15 heavy (non-hydrogen) atoms. The quantitative estimate of drug-likeness (QED) is 0.748. The Labute approximate surface area is 88.2 Å². The summed E-state index contributed by atoms with van der Waals surface area (Å²) in [6, 6.07) is 8.66. The molecule has 0 fully saturated rings. The lowest BCUT2D eigenvalue weighted by Gasteiger charge is -2.08. The van der Waals surface area contributed by atoms with E-state index in [1.165, 1.54) is 11.6 Å². The van der Waals surface area contributed by atoms with Crippen LogP contribution in [0.2, 0.25) is 0 Å². The maximum Gasteiger partial charge on any atom is 0.165 e. The smallest absolute Gasteiger partial charge is 0.165 e. The number of aromatic hydroxyl groups is 1. The predicted octanol–water partition coefficient (Wildman–Crippen LogP) is 3.81. The average molecular weight is 204 g/mol. The van der Waals surface area contributed by atoms with Crippen molar-refractivity contribution in [1.82, 2.24) is 0 Å². The van der Waals surface area contributed by atoms with E-state index in [1.807, 2.05) is 12.1 Å². The SMILES string of the molecule is CC(C)c1ccc2c(O)c(F)ccc2c1. The van der Waals surface area contributed by atoms with Crippen molar-refractivity contribution in [2.45, 2.75) is 19.8 Å². The molecule has 2 aromatic carbocycles. The lowest BCUT2D eigenvalue weighted by Crippen LogP contribution is -1.87. The van der Waals surface area contributed by atoms with Gasteiger partial charge < -0.3 is 5.11 Å². The molecule has 1 nitrogen and oxygen atoms in total. The monoisotopic (exact) mass is 204 g/mol. The summed E-state index contributed by atoms with van der Waals surface area (Å²) in [7, 11) is 0. The third kappa shape index (κ3) is 1.67. The van der Waals surface area contributed by atoms with E-state index >= 15 is 0 Å². The van der Waals surface area contributed by atoms with Crippen LogP contribution < -0.4 is 0 Å². The molecule has 0 aromatic heterocycles. The number of benzene rings is 2. The van der Waals surface area contributed by atoms with E-state index in [-0.39, 0.29) is 5.75 Å². The van der Waals surface area contributed by atoms with E-state index in [2.05, 4.69) is 13.8 Å². The third-order valence-electron chi connectivity index (χ3n) is 2.63. The minimum Gasteiger partial charge on any atom is -0.504 e. The van der Waals surface area contributed by atoms with Crippen molar-refractivity contribution in [3.63, 3.8) is 0 Å². The van der Waals surface area contributed by atoms with Crippen LogP contribution in [0.3, 0.4) is 0 Å². The molecule has 1 N–H and O–H groups in total. The Morgan fingerprint density at radius 3 is 2.53 bits per heavy atom. The van der Waals surface area contributed by atoms with Crippen molar-refractivity contribution >= 4 is 10.8 Å². The van der Waals surface area contributed by atoms with E-state index in [0.717, 1.165) is 5.39 Å². The van der Waals surface area contributed by atoms with Crippen LogP contribution in [0.4, 0.5) is 4.39 Å². The maximum atomic E-state index is 13.1. The highest BCUT2D eigenvalue weighted by molar-refractivity contribution is 5.88. The summed E-state index contributed by atoms with van der Waals surface area (Å²) in [6.45, 7) is 4.20. The molecule has 0 amide bonds. The van der Waals surface area contributed by atoms with Gasteiger partial charge in [-0.1, -0.05) is 38.1 Å². The Balaban J connectivity index is 2.70. The summed E-state index contributed by atoms with van der Waals surface area (Å²) in [6.07, 6.45) is 0. The Morgan fingerprint density at radius 1 is 1.13 bits per heavy atom. The predicted molar refractivity (Wildman–Crippen MR) is 59.7 cm³/mol. The second-order valence-corrected chi connectivity index (χ2v) is 4.03. The Morgan fingerprint density at radius 2 is 1.87 bits per heavy atom. The second-order valence-electron chi connectivity index (χ2n) is 4.03. The molecular weight excluding hydrogens is 191 g/mol. The van der Waals surface area contributed by atoms with Gasteiger partial charge in [0.25, 0.3) is 0 Å². The molecule has 0 atom stereocenters.